The van der Waals surface area contributed by atoms with Gasteiger partial charge >= 0.3 is 6.03 Å². The molecule has 0 unspecified atom stereocenters. The summed E-state index contributed by atoms with van der Waals surface area (Å²) in [5.74, 6) is 0.175. The summed E-state index contributed by atoms with van der Waals surface area (Å²) < 4.78 is 25.6. The van der Waals surface area contributed by atoms with Crippen LogP contribution in [0.4, 0.5) is 10.6 Å². The van der Waals surface area contributed by atoms with Crippen LogP contribution in [0.5, 0.6) is 0 Å². The van der Waals surface area contributed by atoms with Gasteiger partial charge in [-0.2, -0.15) is 9.61 Å². The van der Waals surface area contributed by atoms with Gasteiger partial charge in [0, 0.05) is 29.5 Å². The van der Waals surface area contributed by atoms with Crippen molar-refractivity contribution in [2.45, 2.75) is 23.8 Å². The minimum absolute atomic E-state index is 0.0999. The van der Waals surface area contributed by atoms with Crippen LogP contribution < -0.4 is 16.0 Å². The Balaban J connectivity index is 1.67. The van der Waals surface area contributed by atoms with Crippen molar-refractivity contribution in [1.82, 2.24) is 25.2 Å². The Morgan fingerprint density at radius 1 is 1.19 bits per heavy atom. The van der Waals surface area contributed by atoms with Gasteiger partial charge in [-0.05, 0) is 31.1 Å². The molecule has 11 heteroatoms. The Morgan fingerprint density at radius 3 is 2.68 bits per heavy atom. The van der Waals surface area contributed by atoms with Gasteiger partial charge < -0.3 is 10.6 Å². The van der Waals surface area contributed by atoms with Gasteiger partial charge in [0.15, 0.2) is 15.5 Å². The molecule has 2 fully saturated rings. The van der Waals surface area contributed by atoms with E-state index in [-0.39, 0.29) is 10.6 Å². The molecule has 5 rings (SSSR count). The predicted molar refractivity (Wildman–Crippen MR) is 113 cm³/mol. The number of hydrogen-bond donors (Lipinski definition) is 3. The van der Waals surface area contributed by atoms with Crippen molar-refractivity contribution in [2.24, 2.45) is 0 Å². The first-order valence-corrected chi connectivity index (χ1v) is 11.5. The van der Waals surface area contributed by atoms with Gasteiger partial charge in [0.2, 0.25) is 0 Å². The summed E-state index contributed by atoms with van der Waals surface area (Å²) in [6.07, 6.45) is 6.32. The van der Waals surface area contributed by atoms with Gasteiger partial charge in [0.05, 0.1) is 16.8 Å². The molecule has 1 saturated heterocycles. The zero-order chi connectivity index (χ0) is 21.8. The smallest absolute Gasteiger partial charge is 0.326 e. The summed E-state index contributed by atoms with van der Waals surface area (Å²) in [6.45, 7) is 0. The topological polar surface area (TPSA) is 135 Å². The van der Waals surface area contributed by atoms with Gasteiger partial charge in [0.1, 0.15) is 11.5 Å². The number of aromatic nitrogens is 3. The quantitative estimate of drug-likeness (QED) is 0.406. The van der Waals surface area contributed by atoms with Crippen molar-refractivity contribution in [3.05, 3.63) is 47.8 Å². The minimum atomic E-state index is -3.37. The summed E-state index contributed by atoms with van der Waals surface area (Å²) in [4.78, 5) is 28.2. The van der Waals surface area contributed by atoms with E-state index in [9.17, 15) is 18.0 Å². The van der Waals surface area contributed by atoms with E-state index in [0.29, 0.717) is 34.3 Å². The summed E-state index contributed by atoms with van der Waals surface area (Å²) in [5, 5.41) is 12.4. The maximum atomic E-state index is 12.0. The second-order valence-electron chi connectivity index (χ2n) is 7.55. The molecule has 3 amide bonds. The number of amides is 3. The molecular weight excluding hydrogens is 420 g/mol. The SMILES string of the molecule is CS(=O)(=O)c1cccc(-c2cc(NC3CC3)n3ncc(/C=C4/NC(=O)NC4=O)c3n2)c1. The van der Waals surface area contributed by atoms with E-state index in [2.05, 4.69) is 26.0 Å². The number of carbonyl (C=O) groups is 2. The zero-order valence-corrected chi connectivity index (χ0v) is 17.2. The highest BCUT2D eigenvalue weighted by Crippen LogP contribution is 2.30. The van der Waals surface area contributed by atoms with Crippen LogP contribution in [0, 0.1) is 0 Å². The fraction of sp³-hybridized carbons (Fsp3) is 0.200. The summed E-state index contributed by atoms with van der Waals surface area (Å²) in [5.41, 5.74) is 2.29. The molecule has 1 aromatic carbocycles. The van der Waals surface area contributed by atoms with Crippen molar-refractivity contribution in [1.29, 1.82) is 0 Å². The maximum Gasteiger partial charge on any atom is 0.326 e. The highest BCUT2D eigenvalue weighted by Gasteiger charge is 2.25. The third-order valence-corrected chi connectivity index (χ3v) is 6.12. The molecule has 31 heavy (non-hydrogen) atoms. The number of sulfone groups is 1. The van der Waals surface area contributed by atoms with Crippen molar-refractivity contribution in [2.75, 3.05) is 11.6 Å². The molecule has 158 valence electrons. The second kappa shape index (κ2) is 6.91. The Kier molecular flexibility index (Phi) is 4.29. The Labute approximate surface area is 177 Å². The first kappa shape index (κ1) is 19.2. The van der Waals surface area contributed by atoms with Gasteiger partial charge in [-0.3, -0.25) is 10.1 Å². The highest BCUT2D eigenvalue weighted by molar-refractivity contribution is 7.90. The molecule has 0 bridgehead atoms. The third kappa shape index (κ3) is 3.75. The maximum absolute atomic E-state index is 12.0. The molecule has 2 aliphatic rings. The summed E-state index contributed by atoms with van der Waals surface area (Å²) in [6, 6.07) is 8.14. The van der Waals surface area contributed by atoms with Gasteiger partial charge in [0.25, 0.3) is 5.91 Å². The lowest BCUT2D eigenvalue weighted by Crippen LogP contribution is -2.22. The van der Waals surface area contributed by atoms with E-state index >= 15 is 0 Å². The van der Waals surface area contributed by atoms with E-state index in [1.54, 1.807) is 28.9 Å². The lowest BCUT2D eigenvalue weighted by Gasteiger charge is -2.11. The molecule has 1 aliphatic heterocycles. The largest absolute Gasteiger partial charge is 0.367 e. The molecule has 3 heterocycles. The second-order valence-corrected chi connectivity index (χ2v) is 9.56. The molecule has 3 N–H and O–H groups in total. The van der Waals surface area contributed by atoms with Crippen LogP contribution in [-0.2, 0) is 14.6 Å². The first-order valence-electron chi connectivity index (χ1n) is 9.58. The van der Waals surface area contributed by atoms with E-state index < -0.39 is 21.8 Å². The van der Waals surface area contributed by atoms with Crippen LogP contribution in [0.3, 0.4) is 0 Å². The standard InChI is InChI=1S/C20H18N6O4S/c1-31(29,30)14-4-2-3-11(7-14)15-9-17(22-13-5-6-13)26-18(23-15)12(10-21-26)8-16-19(27)25-20(28)24-16/h2-4,7-10,13,22H,5-6H2,1H3,(H2,24,25,27,28)/b16-8+. The van der Waals surface area contributed by atoms with Crippen molar-refractivity contribution in [3.63, 3.8) is 0 Å². The molecule has 3 aromatic rings. The molecule has 0 spiro atoms. The number of fused-ring (bicyclic) bond motifs is 1. The highest BCUT2D eigenvalue weighted by atomic mass is 32.2. The average Bonchev–Trinajstić information content (AvgIpc) is 3.35. The van der Waals surface area contributed by atoms with Crippen molar-refractivity contribution < 1.29 is 18.0 Å². The van der Waals surface area contributed by atoms with Gasteiger partial charge in [-0.1, -0.05) is 12.1 Å². The lowest BCUT2D eigenvalue weighted by molar-refractivity contribution is -0.115. The third-order valence-electron chi connectivity index (χ3n) is 5.01. The molecule has 0 atom stereocenters. The number of rotatable bonds is 5. The number of benzene rings is 1. The van der Waals surface area contributed by atoms with Crippen LogP contribution >= 0.6 is 0 Å². The number of hydrogen-bond acceptors (Lipinski definition) is 7. The van der Waals surface area contributed by atoms with Crippen molar-refractivity contribution in [3.8, 4) is 11.3 Å². The van der Waals surface area contributed by atoms with E-state index in [1.165, 1.54) is 12.1 Å². The van der Waals surface area contributed by atoms with Crippen LogP contribution in [-0.4, -0.2) is 47.3 Å². The molecular formula is C20H18N6O4S. The average molecular weight is 438 g/mol. The van der Waals surface area contributed by atoms with E-state index in [0.717, 1.165) is 19.1 Å². The summed E-state index contributed by atoms with van der Waals surface area (Å²) in [7, 11) is -3.37. The number of carbonyl (C=O) groups excluding carboxylic acids is 2. The fourth-order valence-corrected chi connectivity index (χ4v) is 3.96. The van der Waals surface area contributed by atoms with Gasteiger partial charge in [-0.25, -0.2) is 18.2 Å². The zero-order valence-electron chi connectivity index (χ0n) is 16.4. The van der Waals surface area contributed by atoms with Crippen LogP contribution in [0.1, 0.15) is 18.4 Å². The number of anilines is 1. The number of urea groups is 1. The monoisotopic (exact) mass is 438 g/mol. The van der Waals surface area contributed by atoms with Crippen LogP contribution in [0.25, 0.3) is 23.0 Å². The van der Waals surface area contributed by atoms with Crippen LogP contribution in [0.15, 0.2) is 47.1 Å². The first-order chi connectivity index (χ1) is 14.8. The van der Waals surface area contributed by atoms with E-state index in [1.807, 2.05) is 6.07 Å². The van der Waals surface area contributed by atoms with Crippen LogP contribution in [0.2, 0.25) is 0 Å². The predicted octanol–water partition coefficient (Wildman–Crippen LogP) is 1.55. The number of imide groups is 1. The normalized spacial score (nSPS) is 17.8. The molecule has 10 nitrogen and oxygen atoms in total. The minimum Gasteiger partial charge on any atom is -0.367 e. The number of nitrogens with zero attached hydrogens (tertiary/aromatic N) is 3. The Morgan fingerprint density at radius 2 is 2.00 bits per heavy atom. The lowest BCUT2D eigenvalue weighted by atomic mass is 10.1. The molecule has 1 saturated carbocycles. The van der Waals surface area contributed by atoms with Gasteiger partial charge in [-0.15, -0.1) is 0 Å². The number of nitrogens with one attached hydrogen (secondary N) is 3. The van der Waals surface area contributed by atoms with E-state index in [4.69, 9.17) is 0 Å². The fourth-order valence-electron chi connectivity index (χ4n) is 3.29. The molecule has 0 radical (unpaired) electrons. The molecule has 1 aliphatic carbocycles. The summed E-state index contributed by atoms with van der Waals surface area (Å²) >= 11 is 0. The van der Waals surface area contributed by atoms with Crippen molar-refractivity contribution >= 4 is 39.3 Å². The molecule has 2 aromatic heterocycles. The Hall–Kier alpha value is -3.73. The Bertz CT molecular complexity index is 1390.